The summed E-state index contributed by atoms with van der Waals surface area (Å²) in [5.41, 5.74) is 4.84. The molecule has 0 aliphatic heterocycles. The van der Waals surface area contributed by atoms with Crippen molar-refractivity contribution in [2.45, 2.75) is 13.8 Å². The normalized spacial score (nSPS) is 10.0. The van der Waals surface area contributed by atoms with Crippen molar-refractivity contribution < 1.29 is 4.79 Å². The summed E-state index contributed by atoms with van der Waals surface area (Å²) < 4.78 is 0. The number of rotatable bonds is 3. The summed E-state index contributed by atoms with van der Waals surface area (Å²) >= 11 is 0. The number of nitrogens with one attached hydrogen (secondary N) is 1. The van der Waals surface area contributed by atoms with Crippen molar-refractivity contribution in [1.82, 2.24) is 0 Å². The van der Waals surface area contributed by atoms with Crippen LogP contribution in [0.5, 0.6) is 0 Å². The molecule has 0 radical (unpaired) electrons. The molecule has 0 saturated carbocycles. The number of carbonyl (C=O) groups excluding carboxylic acids is 1. The molecule has 0 aliphatic rings. The van der Waals surface area contributed by atoms with Gasteiger partial charge in [-0.25, -0.2) is 0 Å². The highest BCUT2D eigenvalue weighted by molar-refractivity contribution is 5.87. The number of anilines is 2. The smallest absolute Gasteiger partial charge is 0.152 e. The summed E-state index contributed by atoms with van der Waals surface area (Å²) in [7, 11) is 0. The lowest BCUT2D eigenvalue weighted by Crippen LogP contribution is -1.97. The van der Waals surface area contributed by atoms with Gasteiger partial charge in [0.15, 0.2) is 6.29 Å². The van der Waals surface area contributed by atoms with Crippen molar-refractivity contribution >= 4 is 17.7 Å². The second-order valence-corrected chi connectivity index (χ2v) is 4.15. The van der Waals surface area contributed by atoms with E-state index >= 15 is 0 Å². The van der Waals surface area contributed by atoms with Crippen LogP contribution in [0.15, 0.2) is 42.5 Å². The maximum Gasteiger partial charge on any atom is 0.152 e. The van der Waals surface area contributed by atoms with Crippen molar-refractivity contribution in [2.24, 2.45) is 0 Å². The van der Waals surface area contributed by atoms with Gasteiger partial charge < -0.3 is 5.32 Å². The van der Waals surface area contributed by atoms with Crippen molar-refractivity contribution in [2.75, 3.05) is 5.32 Å². The van der Waals surface area contributed by atoms with Crippen LogP contribution in [-0.2, 0) is 0 Å². The number of aryl methyl sites for hydroxylation is 2. The van der Waals surface area contributed by atoms with E-state index in [2.05, 4.69) is 5.32 Å². The molecule has 0 amide bonds. The first-order valence-electron chi connectivity index (χ1n) is 5.59. The van der Waals surface area contributed by atoms with Gasteiger partial charge in [-0.15, -0.1) is 0 Å². The standard InChI is InChI=1S/C15H15NO/c1-11-6-8-14(9-7-11)16-15-12(2)4-3-5-13(15)10-17/h3-10,16H,1-2H3. The average molecular weight is 225 g/mol. The van der Waals surface area contributed by atoms with E-state index in [1.165, 1.54) is 5.56 Å². The van der Waals surface area contributed by atoms with Crippen molar-refractivity contribution in [1.29, 1.82) is 0 Å². The fourth-order valence-corrected chi connectivity index (χ4v) is 1.74. The number of hydrogen-bond acceptors (Lipinski definition) is 2. The minimum atomic E-state index is 0.686. The van der Waals surface area contributed by atoms with Crippen LogP contribution in [0.25, 0.3) is 0 Å². The number of para-hydroxylation sites is 1. The van der Waals surface area contributed by atoms with Gasteiger partial charge in [-0.3, -0.25) is 4.79 Å². The highest BCUT2D eigenvalue weighted by Gasteiger charge is 2.04. The Morgan fingerprint density at radius 1 is 1.00 bits per heavy atom. The fraction of sp³-hybridized carbons (Fsp3) is 0.133. The Labute approximate surface area is 101 Å². The summed E-state index contributed by atoms with van der Waals surface area (Å²) in [6.07, 6.45) is 0.878. The average Bonchev–Trinajstić information content (AvgIpc) is 2.34. The molecule has 0 atom stereocenters. The van der Waals surface area contributed by atoms with Gasteiger partial charge in [0.1, 0.15) is 0 Å². The molecule has 0 spiro atoms. The Morgan fingerprint density at radius 3 is 2.35 bits per heavy atom. The van der Waals surface area contributed by atoms with Crippen molar-refractivity contribution in [3.8, 4) is 0 Å². The first-order chi connectivity index (χ1) is 8.20. The van der Waals surface area contributed by atoms with Gasteiger partial charge in [-0.05, 0) is 37.6 Å². The van der Waals surface area contributed by atoms with Gasteiger partial charge in [0.2, 0.25) is 0 Å². The van der Waals surface area contributed by atoms with E-state index in [9.17, 15) is 4.79 Å². The number of carbonyl (C=O) groups is 1. The molecule has 2 aromatic carbocycles. The molecule has 0 saturated heterocycles. The van der Waals surface area contributed by atoms with Crippen LogP contribution in [0.3, 0.4) is 0 Å². The Bertz CT molecular complexity index is 529. The minimum Gasteiger partial charge on any atom is -0.355 e. The Hall–Kier alpha value is -2.09. The maximum absolute atomic E-state index is 11.0. The molecule has 2 rings (SSSR count). The third kappa shape index (κ3) is 2.53. The van der Waals surface area contributed by atoms with Crippen LogP contribution in [0.2, 0.25) is 0 Å². The van der Waals surface area contributed by atoms with Crippen LogP contribution >= 0.6 is 0 Å². The SMILES string of the molecule is Cc1ccc(Nc2c(C)cccc2C=O)cc1. The summed E-state index contributed by atoms with van der Waals surface area (Å²) in [5.74, 6) is 0. The second-order valence-electron chi connectivity index (χ2n) is 4.15. The highest BCUT2D eigenvalue weighted by atomic mass is 16.1. The third-order valence-electron chi connectivity index (χ3n) is 2.75. The quantitative estimate of drug-likeness (QED) is 0.804. The zero-order valence-electron chi connectivity index (χ0n) is 10.0. The molecule has 2 aromatic rings. The number of hydrogen-bond donors (Lipinski definition) is 1. The molecule has 1 N–H and O–H groups in total. The van der Waals surface area contributed by atoms with Gasteiger partial charge in [0, 0.05) is 11.3 Å². The van der Waals surface area contributed by atoms with E-state index in [1.54, 1.807) is 0 Å². The molecule has 86 valence electrons. The molecule has 0 bridgehead atoms. The summed E-state index contributed by atoms with van der Waals surface area (Å²) in [4.78, 5) is 11.0. The molecule has 0 heterocycles. The zero-order valence-corrected chi connectivity index (χ0v) is 10.0. The Morgan fingerprint density at radius 2 is 1.71 bits per heavy atom. The summed E-state index contributed by atoms with van der Waals surface area (Å²) in [5, 5.41) is 3.29. The molecule has 0 aromatic heterocycles. The fourth-order valence-electron chi connectivity index (χ4n) is 1.74. The van der Waals surface area contributed by atoms with Crippen LogP contribution < -0.4 is 5.32 Å². The van der Waals surface area contributed by atoms with Gasteiger partial charge in [0.25, 0.3) is 0 Å². The highest BCUT2D eigenvalue weighted by Crippen LogP contribution is 2.23. The van der Waals surface area contributed by atoms with Gasteiger partial charge in [-0.1, -0.05) is 29.8 Å². The first-order valence-corrected chi connectivity index (χ1v) is 5.59. The monoisotopic (exact) mass is 225 g/mol. The molecule has 2 nitrogen and oxygen atoms in total. The third-order valence-corrected chi connectivity index (χ3v) is 2.75. The zero-order chi connectivity index (χ0) is 12.3. The molecule has 2 heteroatoms. The minimum absolute atomic E-state index is 0.686. The molecular weight excluding hydrogens is 210 g/mol. The molecule has 0 aliphatic carbocycles. The van der Waals surface area contributed by atoms with Crippen LogP contribution in [0.1, 0.15) is 21.5 Å². The number of aldehydes is 1. The predicted molar refractivity (Wildman–Crippen MR) is 71.0 cm³/mol. The lowest BCUT2D eigenvalue weighted by atomic mass is 10.1. The van der Waals surface area contributed by atoms with Gasteiger partial charge in [-0.2, -0.15) is 0 Å². The van der Waals surface area contributed by atoms with E-state index in [1.807, 2.05) is 56.3 Å². The van der Waals surface area contributed by atoms with Crippen LogP contribution in [0.4, 0.5) is 11.4 Å². The Balaban J connectivity index is 2.35. The van der Waals surface area contributed by atoms with E-state index in [4.69, 9.17) is 0 Å². The lowest BCUT2D eigenvalue weighted by molar-refractivity contribution is 0.112. The molecule has 0 fully saturated rings. The van der Waals surface area contributed by atoms with Crippen LogP contribution in [0, 0.1) is 13.8 Å². The summed E-state index contributed by atoms with van der Waals surface area (Å²) in [6.45, 7) is 4.04. The van der Waals surface area contributed by atoms with Crippen molar-refractivity contribution in [3.63, 3.8) is 0 Å². The van der Waals surface area contributed by atoms with Crippen LogP contribution in [-0.4, -0.2) is 6.29 Å². The largest absolute Gasteiger partial charge is 0.355 e. The first kappa shape index (κ1) is 11.4. The maximum atomic E-state index is 11.0. The predicted octanol–water partition coefficient (Wildman–Crippen LogP) is 3.86. The number of benzene rings is 2. The molecular formula is C15H15NO. The second kappa shape index (κ2) is 4.83. The van der Waals surface area contributed by atoms with Gasteiger partial charge in [0.05, 0.1) is 5.69 Å². The van der Waals surface area contributed by atoms with E-state index in [0.717, 1.165) is 23.2 Å². The van der Waals surface area contributed by atoms with E-state index in [-0.39, 0.29) is 0 Å². The summed E-state index contributed by atoms with van der Waals surface area (Å²) in [6, 6.07) is 13.8. The molecule has 17 heavy (non-hydrogen) atoms. The Kier molecular flexibility index (Phi) is 3.24. The van der Waals surface area contributed by atoms with E-state index in [0.29, 0.717) is 5.56 Å². The van der Waals surface area contributed by atoms with E-state index < -0.39 is 0 Å². The topological polar surface area (TPSA) is 29.1 Å². The van der Waals surface area contributed by atoms with Crippen molar-refractivity contribution in [3.05, 3.63) is 59.2 Å². The van der Waals surface area contributed by atoms with Gasteiger partial charge >= 0.3 is 0 Å². The molecule has 0 unspecified atom stereocenters. The lowest BCUT2D eigenvalue weighted by Gasteiger charge is -2.12.